The van der Waals surface area contributed by atoms with Crippen molar-refractivity contribution in [2.45, 2.75) is 43.7 Å². The van der Waals surface area contributed by atoms with Gasteiger partial charge in [0.2, 0.25) is 5.82 Å². The van der Waals surface area contributed by atoms with Crippen LogP contribution in [0.2, 0.25) is 0 Å². The number of ether oxygens (including phenoxy) is 3. The molecule has 37 heavy (non-hydrogen) atoms. The van der Waals surface area contributed by atoms with Gasteiger partial charge < -0.3 is 19.5 Å². The van der Waals surface area contributed by atoms with E-state index in [0.29, 0.717) is 31.1 Å². The Kier molecular flexibility index (Phi) is 7.46. The SMILES string of the molecule is COc1c([C@H]2[C@H](C(=O)Nc3ccnc([C@H]4COCCN4C)c3)O[C@@](C)(C(F)(F)F)[C@H]2C)ccc(F)c1F. The standard InChI is InChI=1S/C25H28F5N3O4/c1-13-19(15-5-6-16(26)20(27)21(15)35-4)22(37-24(13,2)25(28,29)30)23(34)32-14-7-8-31-17(11-14)18-12-36-10-9-33(18)3/h5-8,11,13,18-19,22H,9-10,12H2,1-4H3,(H,31,32,34)/t13-,18+,19-,22+,24+/m0/s1. The summed E-state index contributed by atoms with van der Waals surface area (Å²) in [6.45, 7) is 3.76. The van der Waals surface area contributed by atoms with Gasteiger partial charge in [0.05, 0.1) is 32.1 Å². The molecule has 1 amide bonds. The van der Waals surface area contributed by atoms with E-state index in [1.54, 1.807) is 6.07 Å². The van der Waals surface area contributed by atoms with Crippen LogP contribution >= 0.6 is 0 Å². The second kappa shape index (κ2) is 10.1. The molecule has 2 aromatic rings. The van der Waals surface area contributed by atoms with Crippen LogP contribution in [0.3, 0.4) is 0 Å². The molecule has 12 heteroatoms. The van der Waals surface area contributed by atoms with Crippen LogP contribution in [-0.2, 0) is 14.3 Å². The van der Waals surface area contributed by atoms with E-state index in [-0.39, 0.29) is 11.6 Å². The number of nitrogens with one attached hydrogen (secondary N) is 1. The minimum absolute atomic E-state index is 0.0987. The highest BCUT2D eigenvalue weighted by molar-refractivity contribution is 5.95. The fourth-order valence-corrected chi connectivity index (χ4v) is 4.96. The summed E-state index contributed by atoms with van der Waals surface area (Å²) in [6.07, 6.45) is -5.06. The fourth-order valence-electron chi connectivity index (χ4n) is 4.96. The zero-order chi connectivity index (χ0) is 27.1. The lowest BCUT2D eigenvalue weighted by atomic mass is 9.77. The number of pyridine rings is 1. The van der Waals surface area contributed by atoms with Crippen molar-refractivity contribution in [3.05, 3.63) is 53.4 Å². The molecule has 5 atom stereocenters. The van der Waals surface area contributed by atoms with E-state index < -0.39 is 53.0 Å². The van der Waals surface area contributed by atoms with Gasteiger partial charge in [0.25, 0.3) is 5.91 Å². The van der Waals surface area contributed by atoms with Gasteiger partial charge in [-0.15, -0.1) is 0 Å². The van der Waals surface area contributed by atoms with E-state index in [1.165, 1.54) is 19.2 Å². The Balaban J connectivity index is 1.69. The molecular weight excluding hydrogens is 501 g/mol. The van der Waals surface area contributed by atoms with Gasteiger partial charge in [0.1, 0.15) is 6.10 Å². The Morgan fingerprint density at radius 1 is 1.27 bits per heavy atom. The normalized spacial score (nSPS) is 28.8. The third-order valence-electron chi connectivity index (χ3n) is 7.36. The lowest BCUT2D eigenvalue weighted by Gasteiger charge is -2.32. The van der Waals surface area contributed by atoms with Crippen LogP contribution in [0.1, 0.15) is 37.1 Å². The number of carbonyl (C=O) groups excluding carboxylic acids is 1. The highest BCUT2D eigenvalue weighted by Crippen LogP contribution is 2.55. The molecular formula is C25H28F5N3O4. The Bertz CT molecular complexity index is 1160. The molecule has 2 aliphatic rings. The molecule has 0 bridgehead atoms. The molecule has 202 valence electrons. The maximum absolute atomic E-state index is 14.5. The number of carbonyl (C=O) groups is 1. The van der Waals surface area contributed by atoms with Crippen LogP contribution in [0, 0.1) is 17.6 Å². The minimum atomic E-state index is -4.85. The second-order valence-corrected chi connectivity index (χ2v) is 9.47. The molecule has 4 rings (SSSR count). The van der Waals surface area contributed by atoms with Gasteiger partial charge in [0.15, 0.2) is 17.2 Å². The second-order valence-electron chi connectivity index (χ2n) is 9.47. The molecule has 3 heterocycles. The number of methoxy groups -OCH3 is 1. The molecule has 0 unspecified atom stereocenters. The van der Waals surface area contributed by atoms with E-state index in [9.17, 15) is 26.7 Å². The number of anilines is 1. The van der Waals surface area contributed by atoms with Gasteiger partial charge in [-0.05, 0) is 32.2 Å². The maximum Gasteiger partial charge on any atom is 0.417 e. The van der Waals surface area contributed by atoms with Crippen LogP contribution < -0.4 is 10.1 Å². The van der Waals surface area contributed by atoms with E-state index in [0.717, 1.165) is 26.2 Å². The quantitative estimate of drug-likeness (QED) is 0.578. The van der Waals surface area contributed by atoms with Gasteiger partial charge >= 0.3 is 6.18 Å². The topological polar surface area (TPSA) is 72.9 Å². The zero-order valence-electron chi connectivity index (χ0n) is 20.7. The first-order valence-electron chi connectivity index (χ1n) is 11.7. The van der Waals surface area contributed by atoms with Gasteiger partial charge in [-0.25, -0.2) is 4.39 Å². The summed E-state index contributed by atoms with van der Waals surface area (Å²) in [5.41, 5.74) is -1.93. The number of nitrogens with zero attached hydrogens (tertiary/aromatic N) is 2. The first kappa shape index (κ1) is 27.2. The first-order valence-corrected chi connectivity index (χ1v) is 11.7. The van der Waals surface area contributed by atoms with Crippen molar-refractivity contribution >= 4 is 11.6 Å². The first-order chi connectivity index (χ1) is 17.4. The van der Waals surface area contributed by atoms with Crippen LogP contribution in [0.5, 0.6) is 5.75 Å². The number of hydrogen-bond acceptors (Lipinski definition) is 6. The molecule has 2 aliphatic heterocycles. The fraction of sp³-hybridized carbons (Fsp3) is 0.520. The van der Waals surface area contributed by atoms with Gasteiger partial charge in [-0.2, -0.15) is 17.6 Å². The number of amides is 1. The van der Waals surface area contributed by atoms with Crippen molar-refractivity contribution in [1.82, 2.24) is 9.88 Å². The molecule has 0 spiro atoms. The molecule has 2 fully saturated rings. The predicted octanol–water partition coefficient (Wildman–Crippen LogP) is 4.45. The molecule has 1 aromatic carbocycles. The minimum Gasteiger partial charge on any atom is -0.493 e. The highest BCUT2D eigenvalue weighted by Gasteiger charge is 2.65. The van der Waals surface area contributed by atoms with Crippen molar-refractivity contribution in [2.75, 3.05) is 39.2 Å². The van der Waals surface area contributed by atoms with Crippen LogP contribution in [0.25, 0.3) is 0 Å². The number of halogens is 5. The summed E-state index contributed by atoms with van der Waals surface area (Å²) in [6, 6.07) is 4.85. The Hall–Kier alpha value is -2.83. The number of rotatable bonds is 5. The summed E-state index contributed by atoms with van der Waals surface area (Å²) >= 11 is 0. The van der Waals surface area contributed by atoms with E-state index in [4.69, 9.17) is 14.2 Å². The van der Waals surface area contributed by atoms with Crippen molar-refractivity contribution in [3.8, 4) is 5.75 Å². The summed E-state index contributed by atoms with van der Waals surface area (Å²) in [4.78, 5) is 19.8. The number of aromatic nitrogens is 1. The Labute approximate surface area is 210 Å². The molecule has 2 saturated heterocycles. The van der Waals surface area contributed by atoms with E-state index in [2.05, 4.69) is 10.3 Å². The maximum atomic E-state index is 14.5. The van der Waals surface area contributed by atoms with E-state index in [1.807, 2.05) is 11.9 Å². The van der Waals surface area contributed by atoms with Crippen LogP contribution in [0.4, 0.5) is 27.6 Å². The number of hydrogen-bond donors (Lipinski definition) is 1. The van der Waals surface area contributed by atoms with Crippen LogP contribution in [-0.4, -0.2) is 67.6 Å². The Morgan fingerprint density at radius 2 is 2.00 bits per heavy atom. The summed E-state index contributed by atoms with van der Waals surface area (Å²) in [5.74, 6) is -6.67. The lowest BCUT2D eigenvalue weighted by molar-refractivity contribution is -0.272. The third-order valence-corrected chi connectivity index (χ3v) is 7.36. The van der Waals surface area contributed by atoms with Gasteiger partial charge in [0, 0.05) is 35.8 Å². The summed E-state index contributed by atoms with van der Waals surface area (Å²) < 4.78 is 86.7. The van der Waals surface area contributed by atoms with E-state index >= 15 is 0 Å². The molecule has 1 aromatic heterocycles. The number of alkyl halides is 3. The number of benzene rings is 1. The zero-order valence-corrected chi connectivity index (χ0v) is 20.7. The monoisotopic (exact) mass is 529 g/mol. The highest BCUT2D eigenvalue weighted by atomic mass is 19.4. The summed E-state index contributed by atoms with van der Waals surface area (Å²) in [7, 11) is 2.98. The molecule has 7 nitrogen and oxygen atoms in total. The van der Waals surface area contributed by atoms with Crippen molar-refractivity contribution in [3.63, 3.8) is 0 Å². The molecule has 0 radical (unpaired) electrons. The Morgan fingerprint density at radius 3 is 2.65 bits per heavy atom. The average molecular weight is 530 g/mol. The van der Waals surface area contributed by atoms with Crippen molar-refractivity contribution in [1.29, 1.82) is 0 Å². The van der Waals surface area contributed by atoms with Gasteiger partial charge in [-0.1, -0.05) is 13.0 Å². The van der Waals surface area contributed by atoms with Crippen molar-refractivity contribution < 1.29 is 41.0 Å². The lowest BCUT2D eigenvalue weighted by Crippen LogP contribution is -2.47. The third kappa shape index (κ3) is 4.89. The largest absolute Gasteiger partial charge is 0.493 e. The summed E-state index contributed by atoms with van der Waals surface area (Å²) in [5, 5.41) is 2.61. The number of likely N-dealkylation sites (N-methyl/N-ethyl adjacent to an activating group) is 1. The number of morpholine rings is 1. The smallest absolute Gasteiger partial charge is 0.417 e. The molecule has 0 aliphatic carbocycles. The molecule has 1 N–H and O–H groups in total. The van der Waals surface area contributed by atoms with Gasteiger partial charge in [-0.3, -0.25) is 14.7 Å². The van der Waals surface area contributed by atoms with Crippen LogP contribution in [0.15, 0.2) is 30.5 Å². The predicted molar refractivity (Wildman–Crippen MR) is 123 cm³/mol. The average Bonchev–Trinajstić information content (AvgIpc) is 3.13. The van der Waals surface area contributed by atoms with Crippen molar-refractivity contribution in [2.24, 2.45) is 5.92 Å². The molecule has 0 saturated carbocycles.